The molecule has 17 heavy (non-hydrogen) atoms. The van der Waals surface area contributed by atoms with E-state index < -0.39 is 0 Å². The number of rotatable bonds is 2. The molecule has 2 unspecified atom stereocenters. The SMILES string of the molecule is COC1CCN(C(=O)C2(C)CCCC2N)CC1. The highest BCUT2D eigenvalue weighted by Crippen LogP contribution is 2.38. The quantitative estimate of drug-likeness (QED) is 0.787. The average molecular weight is 240 g/mol. The molecule has 1 aliphatic heterocycles. The van der Waals surface area contributed by atoms with Crippen molar-refractivity contribution in [2.75, 3.05) is 20.2 Å². The molecule has 4 heteroatoms. The van der Waals surface area contributed by atoms with E-state index in [1.165, 1.54) is 0 Å². The maximum Gasteiger partial charge on any atom is 0.230 e. The van der Waals surface area contributed by atoms with Crippen molar-refractivity contribution < 1.29 is 9.53 Å². The van der Waals surface area contributed by atoms with Gasteiger partial charge in [0.15, 0.2) is 0 Å². The van der Waals surface area contributed by atoms with E-state index >= 15 is 0 Å². The van der Waals surface area contributed by atoms with Crippen LogP contribution in [0.3, 0.4) is 0 Å². The van der Waals surface area contributed by atoms with Gasteiger partial charge in [-0.2, -0.15) is 0 Å². The molecule has 2 N–H and O–H groups in total. The first-order valence-electron chi connectivity index (χ1n) is 6.65. The lowest BCUT2D eigenvalue weighted by atomic mass is 9.83. The summed E-state index contributed by atoms with van der Waals surface area (Å²) >= 11 is 0. The smallest absolute Gasteiger partial charge is 0.230 e. The first kappa shape index (κ1) is 12.8. The Hall–Kier alpha value is -0.610. The van der Waals surface area contributed by atoms with Gasteiger partial charge in [-0.3, -0.25) is 4.79 Å². The molecule has 1 amide bonds. The van der Waals surface area contributed by atoms with E-state index in [9.17, 15) is 4.79 Å². The molecule has 0 aromatic heterocycles. The Morgan fingerprint density at radius 3 is 2.47 bits per heavy atom. The highest BCUT2D eigenvalue weighted by atomic mass is 16.5. The van der Waals surface area contributed by atoms with Crippen LogP contribution in [-0.4, -0.2) is 43.2 Å². The maximum atomic E-state index is 12.5. The zero-order chi connectivity index (χ0) is 12.5. The Morgan fingerprint density at radius 1 is 1.35 bits per heavy atom. The Morgan fingerprint density at radius 2 is 2.00 bits per heavy atom. The lowest BCUT2D eigenvalue weighted by Gasteiger charge is -2.38. The van der Waals surface area contributed by atoms with Crippen LogP contribution < -0.4 is 5.73 Å². The van der Waals surface area contributed by atoms with Gasteiger partial charge in [-0.1, -0.05) is 6.42 Å². The summed E-state index contributed by atoms with van der Waals surface area (Å²) < 4.78 is 5.33. The highest BCUT2D eigenvalue weighted by molar-refractivity contribution is 5.83. The summed E-state index contributed by atoms with van der Waals surface area (Å²) in [4.78, 5) is 14.5. The summed E-state index contributed by atoms with van der Waals surface area (Å²) in [5.74, 6) is 0.261. The van der Waals surface area contributed by atoms with E-state index in [1.54, 1.807) is 7.11 Å². The van der Waals surface area contributed by atoms with E-state index in [1.807, 2.05) is 11.8 Å². The van der Waals surface area contributed by atoms with Crippen molar-refractivity contribution in [1.29, 1.82) is 0 Å². The van der Waals surface area contributed by atoms with Gasteiger partial charge in [0, 0.05) is 26.2 Å². The van der Waals surface area contributed by atoms with Crippen LogP contribution in [-0.2, 0) is 9.53 Å². The molecular weight excluding hydrogens is 216 g/mol. The summed E-state index contributed by atoms with van der Waals surface area (Å²) in [6, 6.07) is 0.0372. The van der Waals surface area contributed by atoms with E-state index in [4.69, 9.17) is 10.5 Å². The summed E-state index contributed by atoms with van der Waals surface area (Å²) in [6.07, 6.45) is 5.23. The molecule has 1 aliphatic carbocycles. The molecule has 2 aliphatic rings. The molecule has 1 saturated carbocycles. The van der Waals surface area contributed by atoms with Crippen LogP contribution in [0.4, 0.5) is 0 Å². The van der Waals surface area contributed by atoms with Gasteiger partial charge < -0.3 is 15.4 Å². The molecule has 98 valence electrons. The van der Waals surface area contributed by atoms with Gasteiger partial charge in [0.05, 0.1) is 11.5 Å². The van der Waals surface area contributed by atoms with Crippen LogP contribution in [0.1, 0.15) is 39.0 Å². The number of nitrogens with two attached hydrogens (primary N) is 1. The van der Waals surface area contributed by atoms with Crippen LogP contribution in [0, 0.1) is 5.41 Å². The predicted molar refractivity (Wildman–Crippen MR) is 66.5 cm³/mol. The van der Waals surface area contributed by atoms with Gasteiger partial charge in [-0.25, -0.2) is 0 Å². The average Bonchev–Trinajstić information content (AvgIpc) is 2.70. The first-order chi connectivity index (χ1) is 8.08. The van der Waals surface area contributed by atoms with Crippen molar-refractivity contribution in [3.8, 4) is 0 Å². The van der Waals surface area contributed by atoms with Crippen molar-refractivity contribution in [3.05, 3.63) is 0 Å². The van der Waals surface area contributed by atoms with Crippen LogP contribution in [0.15, 0.2) is 0 Å². The largest absolute Gasteiger partial charge is 0.381 e. The third kappa shape index (κ3) is 2.33. The van der Waals surface area contributed by atoms with Crippen LogP contribution in [0.25, 0.3) is 0 Å². The van der Waals surface area contributed by atoms with E-state index in [-0.39, 0.29) is 17.4 Å². The van der Waals surface area contributed by atoms with Crippen LogP contribution in [0.5, 0.6) is 0 Å². The number of nitrogens with zero attached hydrogens (tertiary/aromatic N) is 1. The molecule has 2 rings (SSSR count). The molecule has 1 saturated heterocycles. The van der Waals surface area contributed by atoms with Crippen molar-refractivity contribution in [1.82, 2.24) is 4.90 Å². The molecule has 0 aromatic rings. The number of piperidine rings is 1. The van der Waals surface area contributed by atoms with E-state index in [2.05, 4.69) is 0 Å². The topological polar surface area (TPSA) is 55.6 Å². The highest BCUT2D eigenvalue weighted by Gasteiger charge is 2.45. The lowest BCUT2D eigenvalue weighted by Crippen LogP contribution is -2.52. The standard InChI is InChI=1S/C13H24N2O2/c1-13(7-3-4-11(13)14)12(16)15-8-5-10(17-2)6-9-15/h10-11H,3-9,14H2,1-2H3. The number of ether oxygens (including phenoxy) is 1. The summed E-state index contributed by atoms with van der Waals surface area (Å²) in [6.45, 7) is 3.68. The van der Waals surface area contributed by atoms with E-state index in [0.29, 0.717) is 6.10 Å². The molecule has 0 aromatic carbocycles. The summed E-state index contributed by atoms with van der Waals surface area (Å²) in [7, 11) is 1.75. The Labute approximate surface area is 103 Å². The van der Waals surface area contributed by atoms with Crippen molar-refractivity contribution >= 4 is 5.91 Å². The number of amides is 1. The van der Waals surface area contributed by atoms with Gasteiger partial charge in [0.2, 0.25) is 5.91 Å². The Kier molecular flexibility index (Phi) is 3.73. The Bertz CT molecular complexity index is 287. The fourth-order valence-electron chi connectivity index (χ4n) is 3.11. The lowest BCUT2D eigenvalue weighted by molar-refractivity contribution is -0.144. The number of methoxy groups -OCH3 is 1. The fourth-order valence-corrected chi connectivity index (χ4v) is 3.11. The normalized spacial score (nSPS) is 35.2. The number of hydrogen-bond acceptors (Lipinski definition) is 3. The van der Waals surface area contributed by atoms with Crippen molar-refractivity contribution in [2.45, 2.75) is 51.2 Å². The molecule has 4 nitrogen and oxygen atoms in total. The summed E-state index contributed by atoms with van der Waals surface area (Å²) in [5.41, 5.74) is 5.78. The molecule has 1 heterocycles. The predicted octanol–water partition coefficient (Wildman–Crippen LogP) is 1.14. The molecule has 2 fully saturated rings. The molecule has 2 atom stereocenters. The first-order valence-corrected chi connectivity index (χ1v) is 6.65. The fraction of sp³-hybridized carbons (Fsp3) is 0.923. The second-order valence-electron chi connectivity index (χ2n) is 5.64. The van der Waals surface area contributed by atoms with Crippen LogP contribution in [0.2, 0.25) is 0 Å². The minimum Gasteiger partial charge on any atom is -0.381 e. The minimum atomic E-state index is -0.320. The number of hydrogen-bond donors (Lipinski definition) is 1. The van der Waals surface area contributed by atoms with Gasteiger partial charge in [-0.05, 0) is 32.6 Å². The summed E-state index contributed by atoms with van der Waals surface area (Å²) in [5, 5.41) is 0. The van der Waals surface area contributed by atoms with E-state index in [0.717, 1.165) is 45.2 Å². The van der Waals surface area contributed by atoms with Gasteiger partial charge in [0.1, 0.15) is 0 Å². The molecule has 0 bridgehead atoms. The zero-order valence-corrected chi connectivity index (χ0v) is 10.9. The second kappa shape index (κ2) is 4.94. The van der Waals surface area contributed by atoms with Crippen molar-refractivity contribution in [3.63, 3.8) is 0 Å². The number of likely N-dealkylation sites (tertiary alicyclic amines) is 1. The maximum absolute atomic E-state index is 12.5. The van der Waals surface area contributed by atoms with Gasteiger partial charge in [-0.15, -0.1) is 0 Å². The van der Waals surface area contributed by atoms with Crippen LogP contribution >= 0.6 is 0 Å². The monoisotopic (exact) mass is 240 g/mol. The van der Waals surface area contributed by atoms with Crippen molar-refractivity contribution in [2.24, 2.45) is 11.1 Å². The van der Waals surface area contributed by atoms with Gasteiger partial charge in [0.25, 0.3) is 0 Å². The second-order valence-corrected chi connectivity index (χ2v) is 5.64. The minimum absolute atomic E-state index is 0.0372. The Balaban J connectivity index is 1.97. The molecule has 0 spiro atoms. The molecular formula is C13H24N2O2. The molecule has 0 radical (unpaired) electrons. The number of carbonyl (C=O) groups excluding carboxylic acids is 1. The zero-order valence-electron chi connectivity index (χ0n) is 10.9. The third-order valence-corrected chi connectivity index (χ3v) is 4.58. The number of carbonyl (C=O) groups is 1. The van der Waals surface area contributed by atoms with Gasteiger partial charge >= 0.3 is 0 Å². The third-order valence-electron chi connectivity index (χ3n) is 4.58.